The van der Waals surface area contributed by atoms with Crippen molar-refractivity contribution < 1.29 is 9.14 Å². The Hall–Kier alpha value is -3.07. The average molecular weight is 313 g/mol. The van der Waals surface area contributed by atoms with Crippen LogP contribution in [0.3, 0.4) is 0 Å². The second kappa shape index (κ2) is 4.71. The first-order valence-corrected chi connectivity index (χ1v) is 8.08. The fourth-order valence-electron chi connectivity index (χ4n) is 3.73. The van der Waals surface area contributed by atoms with Gasteiger partial charge in [-0.2, -0.15) is 4.40 Å². The molecule has 0 saturated heterocycles. The van der Waals surface area contributed by atoms with Crippen LogP contribution in [0, 0.1) is 6.92 Å². The lowest BCUT2D eigenvalue weighted by atomic mass is 10.0. The Kier molecular flexibility index (Phi) is 2.63. The first kappa shape index (κ1) is 13.4. The summed E-state index contributed by atoms with van der Waals surface area (Å²) in [5, 5.41) is 4.96. The van der Waals surface area contributed by atoms with Gasteiger partial charge in [-0.25, -0.2) is 0 Å². The van der Waals surface area contributed by atoms with Crippen LogP contribution in [0.1, 0.15) is 5.56 Å². The van der Waals surface area contributed by atoms with Gasteiger partial charge in [0, 0.05) is 27.9 Å². The molecule has 116 valence electrons. The van der Waals surface area contributed by atoms with E-state index in [0.29, 0.717) is 0 Å². The van der Waals surface area contributed by atoms with Crippen LogP contribution >= 0.6 is 0 Å². The maximum Gasteiger partial charge on any atom is 0.242 e. The SMILES string of the molecule is COc1ccc2c(C)c[n+]3ccc4c5ccccc5[nH]c4c3c2c1. The molecule has 0 unspecified atom stereocenters. The lowest BCUT2D eigenvalue weighted by Crippen LogP contribution is -2.21. The summed E-state index contributed by atoms with van der Waals surface area (Å²) in [6.45, 7) is 2.15. The second-order valence-electron chi connectivity index (χ2n) is 6.25. The molecule has 0 spiro atoms. The quantitative estimate of drug-likeness (QED) is 0.357. The Morgan fingerprint density at radius 3 is 2.67 bits per heavy atom. The number of benzene rings is 2. The summed E-state index contributed by atoms with van der Waals surface area (Å²) >= 11 is 0. The van der Waals surface area contributed by atoms with E-state index in [-0.39, 0.29) is 0 Å². The van der Waals surface area contributed by atoms with E-state index in [1.54, 1.807) is 7.11 Å². The van der Waals surface area contributed by atoms with E-state index in [1.807, 2.05) is 6.07 Å². The Bertz CT molecular complexity index is 1250. The highest BCUT2D eigenvalue weighted by atomic mass is 16.5. The van der Waals surface area contributed by atoms with E-state index < -0.39 is 0 Å². The number of nitrogens with zero attached hydrogens (tertiary/aromatic N) is 1. The molecule has 0 aliphatic heterocycles. The zero-order valence-corrected chi connectivity index (χ0v) is 13.6. The minimum Gasteiger partial charge on any atom is -0.497 e. The molecular formula is C21H17N2O+. The molecule has 0 saturated carbocycles. The molecule has 1 N–H and O–H groups in total. The molecule has 5 aromatic rings. The van der Waals surface area contributed by atoms with E-state index in [9.17, 15) is 0 Å². The van der Waals surface area contributed by atoms with Crippen molar-refractivity contribution in [3.8, 4) is 5.75 Å². The summed E-state index contributed by atoms with van der Waals surface area (Å²) in [5.74, 6) is 0.878. The highest BCUT2D eigenvalue weighted by molar-refractivity contribution is 6.16. The van der Waals surface area contributed by atoms with Gasteiger partial charge < -0.3 is 9.72 Å². The number of hydrogen-bond donors (Lipinski definition) is 1. The first-order chi connectivity index (χ1) is 11.8. The summed E-state index contributed by atoms with van der Waals surface area (Å²) < 4.78 is 7.67. The van der Waals surface area contributed by atoms with Crippen molar-refractivity contribution in [2.45, 2.75) is 6.92 Å². The lowest BCUT2D eigenvalue weighted by Gasteiger charge is -2.05. The Balaban J connectivity index is 2.08. The molecule has 24 heavy (non-hydrogen) atoms. The third-order valence-electron chi connectivity index (χ3n) is 4.88. The summed E-state index contributed by atoms with van der Waals surface area (Å²) in [6.07, 6.45) is 4.33. The maximum absolute atomic E-state index is 5.46. The van der Waals surface area contributed by atoms with Crippen molar-refractivity contribution in [3.05, 3.63) is 66.5 Å². The van der Waals surface area contributed by atoms with Crippen molar-refractivity contribution in [2.75, 3.05) is 7.11 Å². The Morgan fingerprint density at radius 1 is 0.917 bits per heavy atom. The topological polar surface area (TPSA) is 29.1 Å². The number of aromatic amines is 1. The van der Waals surface area contributed by atoms with Crippen LogP contribution in [0.15, 0.2) is 60.9 Å². The zero-order valence-electron chi connectivity index (χ0n) is 13.6. The van der Waals surface area contributed by atoms with Gasteiger partial charge in [0.05, 0.1) is 12.5 Å². The van der Waals surface area contributed by atoms with Gasteiger partial charge in [0.15, 0.2) is 12.4 Å². The van der Waals surface area contributed by atoms with Crippen LogP contribution in [-0.4, -0.2) is 12.1 Å². The normalized spacial score (nSPS) is 11.8. The van der Waals surface area contributed by atoms with Crippen LogP contribution in [-0.2, 0) is 0 Å². The van der Waals surface area contributed by atoms with E-state index in [1.165, 1.54) is 32.6 Å². The van der Waals surface area contributed by atoms with E-state index in [0.717, 1.165) is 16.8 Å². The van der Waals surface area contributed by atoms with Gasteiger partial charge in [-0.05, 0) is 36.6 Å². The number of ether oxygens (including phenoxy) is 1. The molecule has 2 aromatic carbocycles. The minimum absolute atomic E-state index is 0.878. The van der Waals surface area contributed by atoms with Gasteiger partial charge in [0.2, 0.25) is 5.52 Å². The molecule has 3 heteroatoms. The molecule has 3 aromatic heterocycles. The Morgan fingerprint density at radius 2 is 1.79 bits per heavy atom. The van der Waals surface area contributed by atoms with Crippen LogP contribution in [0.4, 0.5) is 0 Å². The lowest BCUT2D eigenvalue weighted by molar-refractivity contribution is -0.510. The molecule has 3 heterocycles. The fraction of sp³-hybridized carbons (Fsp3) is 0.0952. The zero-order chi connectivity index (χ0) is 16.3. The van der Waals surface area contributed by atoms with Gasteiger partial charge in [0.1, 0.15) is 11.3 Å². The largest absolute Gasteiger partial charge is 0.497 e. The predicted octanol–water partition coefficient (Wildman–Crippen LogP) is 4.53. The van der Waals surface area contributed by atoms with Gasteiger partial charge in [-0.3, -0.25) is 0 Å². The predicted molar refractivity (Wildman–Crippen MR) is 97.8 cm³/mol. The van der Waals surface area contributed by atoms with Crippen LogP contribution in [0.2, 0.25) is 0 Å². The highest BCUT2D eigenvalue weighted by Gasteiger charge is 2.18. The summed E-state index contributed by atoms with van der Waals surface area (Å²) in [4.78, 5) is 3.61. The van der Waals surface area contributed by atoms with Crippen molar-refractivity contribution in [3.63, 3.8) is 0 Å². The number of nitrogens with one attached hydrogen (secondary N) is 1. The van der Waals surface area contributed by atoms with Crippen LogP contribution < -0.4 is 9.14 Å². The number of hydrogen-bond acceptors (Lipinski definition) is 1. The summed E-state index contributed by atoms with van der Waals surface area (Å²) in [5.41, 5.74) is 4.76. The summed E-state index contributed by atoms with van der Waals surface area (Å²) in [6, 6.07) is 16.9. The molecule has 0 bridgehead atoms. The molecular weight excluding hydrogens is 296 g/mol. The van der Waals surface area contributed by atoms with Crippen molar-refractivity contribution in [1.29, 1.82) is 0 Å². The van der Waals surface area contributed by atoms with Gasteiger partial charge in [0.25, 0.3) is 0 Å². The molecule has 0 radical (unpaired) electrons. The van der Waals surface area contributed by atoms with E-state index in [2.05, 4.69) is 71.2 Å². The number of methoxy groups -OCH3 is 1. The molecule has 3 nitrogen and oxygen atoms in total. The molecule has 0 atom stereocenters. The number of fused-ring (bicyclic) bond motifs is 7. The third-order valence-corrected chi connectivity index (χ3v) is 4.88. The average Bonchev–Trinajstić information content (AvgIpc) is 2.99. The number of aryl methyl sites for hydroxylation is 1. The smallest absolute Gasteiger partial charge is 0.242 e. The molecule has 0 fully saturated rings. The van der Waals surface area contributed by atoms with Gasteiger partial charge in [-0.1, -0.05) is 18.2 Å². The summed E-state index contributed by atoms with van der Waals surface area (Å²) in [7, 11) is 1.71. The van der Waals surface area contributed by atoms with Crippen LogP contribution in [0.5, 0.6) is 5.75 Å². The third kappa shape index (κ3) is 1.69. The van der Waals surface area contributed by atoms with Crippen LogP contribution in [0.25, 0.3) is 38.1 Å². The van der Waals surface area contributed by atoms with Crippen molar-refractivity contribution in [1.82, 2.24) is 4.98 Å². The number of pyridine rings is 2. The number of aromatic nitrogens is 2. The molecule has 0 aliphatic carbocycles. The molecule has 0 amide bonds. The van der Waals surface area contributed by atoms with Crippen molar-refractivity contribution >= 4 is 38.1 Å². The first-order valence-electron chi connectivity index (χ1n) is 8.08. The number of H-pyrrole nitrogens is 1. The highest BCUT2D eigenvalue weighted by Crippen LogP contribution is 2.32. The van der Waals surface area contributed by atoms with Gasteiger partial charge in [-0.15, -0.1) is 0 Å². The molecule has 5 rings (SSSR count). The maximum atomic E-state index is 5.46. The standard InChI is InChI=1S/C21H16N2O/c1-13-12-23-10-9-17-16-5-3-4-6-19(16)22-20(17)21(23)18-11-14(24-2)7-8-15(13)18/h3-12H,1-2H3/p+1. The minimum atomic E-state index is 0.878. The van der Waals surface area contributed by atoms with Crippen molar-refractivity contribution in [2.24, 2.45) is 0 Å². The Labute approximate surface area is 139 Å². The monoisotopic (exact) mass is 313 g/mol. The number of rotatable bonds is 1. The number of para-hydroxylation sites is 1. The van der Waals surface area contributed by atoms with E-state index in [4.69, 9.17) is 4.74 Å². The second-order valence-corrected chi connectivity index (χ2v) is 6.25. The fourth-order valence-corrected chi connectivity index (χ4v) is 3.73. The van der Waals surface area contributed by atoms with Gasteiger partial charge >= 0.3 is 0 Å². The van der Waals surface area contributed by atoms with E-state index >= 15 is 0 Å². The molecule has 0 aliphatic rings.